The minimum Gasteiger partial charge on any atom is -0.443 e. The summed E-state index contributed by atoms with van der Waals surface area (Å²) >= 11 is 5.94. The highest BCUT2D eigenvalue weighted by Gasteiger charge is 2.26. The number of aliphatic hydroxyl groups excluding tert-OH is 1. The van der Waals surface area contributed by atoms with Crippen LogP contribution in [-0.2, 0) is 6.54 Å². The molecule has 1 atom stereocenters. The van der Waals surface area contributed by atoms with Crippen LogP contribution in [0.2, 0.25) is 5.02 Å². The molecule has 0 bridgehead atoms. The zero-order chi connectivity index (χ0) is 21.5. The zero-order valence-corrected chi connectivity index (χ0v) is 17.0. The van der Waals surface area contributed by atoms with E-state index in [1.807, 2.05) is 24.3 Å². The van der Waals surface area contributed by atoms with Crippen molar-refractivity contribution in [3.8, 4) is 6.01 Å². The number of rotatable bonds is 6. The van der Waals surface area contributed by atoms with Gasteiger partial charge in [-0.1, -0.05) is 11.6 Å². The maximum Gasteiger partial charge on any atom is 0.414 e. The molecule has 1 aliphatic rings. The van der Waals surface area contributed by atoms with Crippen LogP contribution >= 0.6 is 11.6 Å². The molecule has 1 aliphatic heterocycles. The Bertz CT molecular complexity index is 1010. The number of hydrogen-bond acceptors (Lipinski definition) is 8. The predicted molar refractivity (Wildman–Crippen MR) is 114 cm³/mol. The van der Waals surface area contributed by atoms with E-state index in [9.17, 15) is 10.1 Å². The Kier molecular flexibility index (Phi) is 7.39. The molecule has 0 spiro atoms. The number of benzene rings is 1. The van der Waals surface area contributed by atoms with E-state index in [4.69, 9.17) is 27.2 Å². The van der Waals surface area contributed by atoms with Gasteiger partial charge < -0.3 is 31.0 Å². The summed E-state index contributed by atoms with van der Waals surface area (Å²) in [7, 11) is 0. The summed E-state index contributed by atoms with van der Waals surface area (Å²) in [5.74, 6) is -0.260. The second-order valence-electron chi connectivity index (χ2n) is 6.70. The van der Waals surface area contributed by atoms with Crippen molar-refractivity contribution in [3.63, 3.8) is 0 Å². The lowest BCUT2D eigenvalue weighted by atomic mass is 10.2. The summed E-state index contributed by atoms with van der Waals surface area (Å²) in [5, 5.41) is 24.7. The number of nitro groups is 1. The van der Waals surface area contributed by atoms with Crippen molar-refractivity contribution in [2.45, 2.75) is 25.5 Å². The van der Waals surface area contributed by atoms with Crippen molar-refractivity contribution in [2.24, 2.45) is 5.73 Å². The number of ether oxygens (including phenoxy) is 1. The Morgan fingerprint density at radius 2 is 2.23 bits per heavy atom. The molecule has 160 valence electrons. The molecule has 3 heterocycles. The van der Waals surface area contributed by atoms with Crippen molar-refractivity contribution in [2.75, 3.05) is 25.0 Å². The van der Waals surface area contributed by atoms with Crippen LogP contribution in [0.5, 0.6) is 6.01 Å². The molecule has 4 rings (SSSR count). The maximum atomic E-state index is 10.3. The van der Waals surface area contributed by atoms with Crippen LogP contribution in [0.3, 0.4) is 0 Å². The summed E-state index contributed by atoms with van der Waals surface area (Å²) in [5.41, 5.74) is 7.48. The molecule has 10 nitrogen and oxygen atoms in total. The second-order valence-corrected chi connectivity index (χ2v) is 7.13. The Labute approximate surface area is 177 Å². The number of fused-ring (bicyclic) bond motifs is 2. The third-order valence-electron chi connectivity index (χ3n) is 4.38. The van der Waals surface area contributed by atoms with Gasteiger partial charge in [0.25, 0.3) is 0 Å². The molecule has 0 amide bonds. The Morgan fingerprint density at radius 3 is 3.00 bits per heavy atom. The van der Waals surface area contributed by atoms with E-state index in [1.165, 1.54) is 10.8 Å². The van der Waals surface area contributed by atoms with Gasteiger partial charge in [-0.05, 0) is 48.6 Å². The van der Waals surface area contributed by atoms with Crippen molar-refractivity contribution in [3.05, 3.63) is 51.8 Å². The van der Waals surface area contributed by atoms with Crippen molar-refractivity contribution in [1.82, 2.24) is 14.5 Å². The highest BCUT2D eigenvalue weighted by atomic mass is 35.5. The minimum absolute atomic E-state index is 0.133. The number of unbranched alkanes of at least 4 members (excludes halogenated alkanes) is 1. The van der Waals surface area contributed by atoms with E-state index in [1.54, 1.807) is 6.20 Å². The lowest BCUT2D eigenvalue weighted by Crippen LogP contribution is -2.29. The lowest BCUT2D eigenvalue weighted by Gasteiger charge is -2.16. The molecule has 1 aromatic carbocycles. The molecule has 3 aromatic rings. The number of aromatic nitrogens is 3. The van der Waals surface area contributed by atoms with E-state index < -0.39 is 11.0 Å². The first-order valence-electron chi connectivity index (χ1n) is 9.48. The number of nitrogens with zero attached hydrogens (tertiary/aromatic N) is 4. The first-order chi connectivity index (χ1) is 14.5. The monoisotopic (exact) mass is 434 g/mol. The summed E-state index contributed by atoms with van der Waals surface area (Å²) in [6.45, 7) is 2.09. The number of hydrogen-bond donors (Lipinski definition) is 3. The average Bonchev–Trinajstić information content (AvgIpc) is 3.15. The molecule has 0 saturated heterocycles. The zero-order valence-electron chi connectivity index (χ0n) is 16.2. The van der Waals surface area contributed by atoms with Gasteiger partial charge in [-0.2, -0.15) is 0 Å². The van der Waals surface area contributed by atoms with Gasteiger partial charge in [0, 0.05) is 33.8 Å². The number of imidazole rings is 1. The van der Waals surface area contributed by atoms with E-state index in [0.29, 0.717) is 5.02 Å². The molecular formula is C19H23ClN6O4. The van der Waals surface area contributed by atoms with Crippen molar-refractivity contribution >= 4 is 34.0 Å². The molecule has 11 heteroatoms. The van der Waals surface area contributed by atoms with Crippen LogP contribution in [0, 0.1) is 10.1 Å². The van der Waals surface area contributed by atoms with Crippen LogP contribution < -0.4 is 15.8 Å². The topological polar surface area (TPSA) is 141 Å². The van der Waals surface area contributed by atoms with Crippen LogP contribution in [0.1, 0.15) is 12.8 Å². The number of anilines is 1. The molecule has 0 aliphatic carbocycles. The average molecular weight is 435 g/mol. The van der Waals surface area contributed by atoms with Crippen molar-refractivity contribution < 1.29 is 14.8 Å². The lowest BCUT2D eigenvalue weighted by molar-refractivity contribution is -0.389. The van der Waals surface area contributed by atoms with Gasteiger partial charge in [-0.3, -0.25) is 9.55 Å². The highest BCUT2D eigenvalue weighted by molar-refractivity contribution is 6.31. The Hall–Kier alpha value is -2.95. The van der Waals surface area contributed by atoms with Gasteiger partial charge in [0.15, 0.2) is 0 Å². The fourth-order valence-corrected chi connectivity index (χ4v) is 3.10. The third kappa shape index (κ3) is 5.56. The molecule has 4 N–H and O–H groups in total. The Balaban J connectivity index is 0.000000177. The SMILES string of the molecule is NCCCCNc1ccnc2cc(Cl)ccc12.O=[N+]([O-])c1cn2c(n1)OCC(O)C2. The summed E-state index contributed by atoms with van der Waals surface area (Å²) in [6, 6.07) is 7.93. The van der Waals surface area contributed by atoms with E-state index in [0.717, 1.165) is 42.5 Å². The number of nitrogens with one attached hydrogen (secondary N) is 1. The number of halogens is 1. The second kappa shape index (κ2) is 10.2. The molecule has 0 saturated carbocycles. The third-order valence-corrected chi connectivity index (χ3v) is 4.61. The standard InChI is InChI=1S/C13H16ClN3.C6H7N3O4/c14-10-3-4-11-12(16-7-2-1-6-15)5-8-17-13(11)9-10;10-4-1-8-2-5(9(11)12)7-6(8)13-3-4/h3-5,8-9H,1-2,6-7,15H2,(H,16,17);2,4,10H,1,3H2. The van der Waals surface area contributed by atoms with E-state index >= 15 is 0 Å². The number of aliphatic hydroxyl groups is 1. The largest absolute Gasteiger partial charge is 0.443 e. The number of pyridine rings is 1. The first kappa shape index (κ1) is 21.8. The molecule has 0 fully saturated rings. The molecule has 1 unspecified atom stereocenters. The molecule has 30 heavy (non-hydrogen) atoms. The number of nitrogens with two attached hydrogens (primary N) is 1. The van der Waals surface area contributed by atoms with Crippen LogP contribution in [0.4, 0.5) is 11.5 Å². The quantitative estimate of drug-likeness (QED) is 0.305. The predicted octanol–water partition coefficient (Wildman–Crippen LogP) is 2.58. The van der Waals surface area contributed by atoms with Gasteiger partial charge in [0.05, 0.1) is 12.1 Å². The Morgan fingerprint density at radius 1 is 1.40 bits per heavy atom. The molecule has 2 aromatic heterocycles. The van der Waals surface area contributed by atoms with Crippen LogP contribution in [0.25, 0.3) is 10.9 Å². The van der Waals surface area contributed by atoms with Gasteiger partial charge in [-0.15, -0.1) is 0 Å². The van der Waals surface area contributed by atoms with Crippen LogP contribution in [0.15, 0.2) is 36.7 Å². The minimum atomic E-state index is -0.624. The summed E-state index contributed by atoms with van der Waals surface area (Å²) < 4.78 is 6.39. The smallest absolute Gasteiger partial charge is 0.414 e. The molecular weight excluding hydrogens is 412 g/mol. The van der Waals surface area contributed by atoms with Gasteiger partial charge >= 0.3 is 11.8 Å². The first-order valence-corrected chi connectivity index (χ1v) is 9.86. The van der Waals surface area contributed by atoms with Crippen LogP contribution in [-0.4, -0.2) is 50.4 Å². The van der Waals surface area contributed by atoms with Gasteiger partial charge in [-0.25, -0.2) is 0 Å². The highest BCUT2D eigenvalue weighted by Crippen LogP contribution is 2.24. The van der Waals surface area contributed by atoms with Crippen molar-refractivity contribution in [1.29, 1.82) is 0 Å². The van der Waals surface area contributed by atoms with E-state index in [2.05, 4.69) is 15.3 Å². The molecule has 0 radical (unpaired) electrons. The van der Waals surface area contributed by atoms with Gasteiger partial charge in [0.2, 0.25) is 0 Å². The normalized spacial score (nSPS) is 15.0. The van der Waals surface area contributed by atoms with Gasteiger partial charge in [0.1, 0.15) is 18.9 Å². The fraction of sp³-hybridized carbons (Fsp3) is 0.368. The summed E-state index contributed by atoms with van der Waals surface area (Å²) in [4.78, 5) is 17.6. The maximum absolute atomic E-state index is 10.3. The fourth-order valence-electron chi connectivity index (χ4n) is 2.94. The summed E-state index contributed by atoms with van der Waals surface area (Å²) in [6.07, 6.45) is 4.54. The van der Waals surface area contributed by atoms with E-state index in [-0.39, 0.29) is 25.0 Å².